The van der Waals surface area contributed by atoms with E-state index in [-0.39, 0.29) is 5.56 Å². The number of benzene rings is 1. The standard InChI is InChI=1S/C10H13F2NO/c1-10(12,6-14)9(13)7-4-2-3-5-8(7)11/h2-5,9,14H,6,13H2,1H3. The fraction of sp³-hybridized carbons (Fsp3) is 0.400. The molecule has 0 heterocycles. The van der Waals surface area contributed by atoms with Crippen LogP contribution in [0.4, 0.5) is 8.78 Å². The highest BCUT2D eigenvalue weighted by molar-refractivity contribution is 5.23. The first-order valence-electron chi connectivity index (χ1n) is 4.29. The Morgan fingerprint density at radius 2 is 2.07 bits per heavy atom. The second-order valence-electron chi connectivity index (χ2n) is 3.44. The van der Waals surface area contributed by atoms with E-state index in [1.807, 2.05) is 0 Å². The smallest absolute Gasteiger partial charge is 0.150 e. The van der Waals surface area contributed by atoms with Gasteiger partial charge in [0.1, 0.15) is 11.5 Å². The van der Waals surface area contributed by atoms with Gasteiger partial charge in [-0.05, 0) is 13.0 Å². The van der Waals surface area contributed by atoms with Crippen molar-refractivity contribution in [2.24, 2.45) is 5.73 Å². The van der Waals surface area contributed by atoms with Crippen LogP contribution in [0.2, 0.25) is 0 Å². The number of nitrogens with two attached hydrogens (primary N) is 1. The van der Waals surface area contributed by atoms with E-state index >= 15 is 0 Å². The Morgan fingerprint density at radius 1 is 1.50 bits per heavy atom. The summed E-state index contributed by atoms with van der Waals surface area (Å²) >= 11 is 0. The van der Waals surface area contributed by atoms with Gasteiger partial charge in [0.15, 0.2) is 0 Å². The molecule has 2 atom stereocenters. The van der Waals surface area contributed by atoms with Crippen LogP contribution in [0.15, 0.2) is 24.3 Å². The zero-order valence-corrected chi connectivity index (χ0v) is 7.87. The Balaban J connectivity index is 3.00. The summed E-state index contributed by atoms with van der Waals surface area (Å²) in [5.41, 5.74) is 3.57. The molecule has 0 spiro atoms. The second-order valence-corrected chi connectivity index (χ2v) is 3.44. The average molecular weight is 201 g/mol. The maximum atomic E-state index is 13.5. The van der Waals surface area contributed by atoms with E-state index in [4.69, 9.17) is 10.8 Å². The van der Waals surface area contributed by atoms with Gasteiger partial charge in [0.25, 0.3) is 0 Å². The van der Waals surface area contributed by atoms with Crippen LogP contribution in [0.25, 0.3) is 0 Å². The van der Waals surface area contributed by atoms with Gasteiger partial charge in [-0.2, -0.15) is 0 Å². The molecule has 14 heavy (non-hydrogen) atoms. The summed E-state index contributed by atoms with van der Waals surface area (Å²) in [5.74, 6) is -0.558. The largest absolute Gasteiger partial charge is 0.393 e. The van der Waals surface area contributed by atoms with Crippen molar-refractivity contribution >= 4 is 0 Å². The molecule has 78 valence electrons. The number of aliphatic hydroxyl groups is 1. The van der Waals surface area contributed by atoms with Gasteiger partial charge < -0.3 is 10.8 Å². The van der Waals surface area contributed by atoms with Gasteiger partial charge in [-0.15, -0.1) is 0 Å². The van der Waals surface area contributed by atoms with Gasteiger partial charge in [0.2, 0.25) is 0 Å². The lowest BCUT2D eigenvalue weighted by Gasteiger charge is -2.25. The number of halogens is 2. The van der Waals surface area contributed by atoms with Crippen LogP contribution < -0.4 is 5.73 Å². The Hall–Kier alpha value is -1.00. The summed E-state index contributed by atoms with van der Waals surface area (Å²) in [6.07, 6.45) is 0. The highest BCUT2D eigenvalue weighted by Crippen LogP contribution is 2.28. The summed E-state index contributed by atoms with van der Waals surface area (Å²) < 4.78 is 26.7. The summed E-state index contributed by atoms with van der Waals surface area (Å²) in [4.78, 5) is 0. The maximum absolute atomic E-state index is 13.5. The highest BCUT2D eigenvalue weighted by Gasteiger charge is 2.33. The minimum absolute atomic E-state index is 0.0755. The first-order chi connectivity index (χ1) is 6.49. The Morgan fingerprint density at radius 3 is 2.57 bits per heavy atom. The highest BCUT2D eigenvalue weighted by atomic mass is 19.1. The molecule has 0 aliphatic carbocycles. The summed E-state index contributed by atoms with van der Waals surface area (Å²) in [7, 11) is 0. The first-order valence-corrected chi connectivity index (χ1v) is 4.29. The first kappa shape index (κ1) is 11.1. The normalized spacial score (nSPS) is 17.5. The quantitative estimate of drug-likeness (QED) is 0.779. The molecule has 0 saturated carbocycles. The third-order valence-electron chi connectivity index (χ3n) is 2.20. The molecule has 0 aliphatic heterocycles. The van der Waals surface area contributed by atoms with E-state index in [0.29, 0.717) is 0 Å². The van der Waals surface area contributed by atoms with Crippen molar-refractivity contribution in [3.63, 3.8) is 0 Å². The van der Waals surface area contributed by atoms with Crippen molar-refractivity contribution in [2.45, 2.75) is 18.6 Å². The number of rotatable bonds is 3. The van der Waals surface area contributed by atoms with E-state index < -0.39 is 24.1 Å². The fourth-order valence-electron chi connectivity index (χ4n) is 1.15. The van der Waals surface area contributed by atoms with Gasteiger partial charge in [0, 0.05) is 5.56 Å². The summed E-state index contributed by atoms with van der Waals surface area (Å²) in [6.45, 7) is 0.409. The van der Waals surface area contributed by atoms with Gasteiger partial charge in [-0.25, -0.2) is 8.78 Å². The Labute approximate surface area is 81.4 Å². The molecule has 1 rings (SSSR count). The molecule has 0 aromatic heterocycles. The maximum Gasteiger partial charge on any atom is 0.150 e. The van der Waals surface area contributed by atoms with Crippen LogP contribution in [-0.2, 0) is 0 Å². The molecule has 3 N–H and O–H groups in total. The van der Waals surface area contributed by atoms with Crippen molar-refractivity contribution in [3.05, 3.63) is 35.6 Å². The lowest BCUT2D eigenvalue weighted by molar-refractivity contribution is 0.0620. The molecule has 0 aliphatic rings. The molecule has 0 radical (unpaired) electrons. The average Bonchev–Trinajstić information content (AvgIpc) is 2.17. The molecular formula is C10H13F2NO. The van der Waals surface area contributed by atoms with Crippen LogP contribution in [0.5, 0.6) is 0 Å². The molecular weight excluding hydrogens is 188 g/mol. The van der Waals surface area contributed by atoms with E-state index in [1.54, 1.807) is 6.07 Å². The van der Waals surface area contributed by atoms with Crippen molar-refractivity contribution in [2.75, 3.05) is 6.61 Å². The number of aliphatic hydroxyl groups excluding tert-OH is 1. The van der Waals surface area contributed by atoms with Gasteiger partial charge in [0.05, 0.1) is 12.6 Å². The third kappa shape index (κ3) is 2.08. The zero-order chi connectivity index (χ0) is 10.8. The monoisotopic (exact) mass is 201 g/mol. The van der Waals surface area contributed by atoms with Crippen LogP contribution in [0.1, 0.15) is 18.5 Å². The van der Waals surface area contributed by atoms with Gasteiger partial charge >= 0.3 is 0 Å². The Bertz CT molecular complexity index is 315. The predicted molar refractivity (Wildman–Crippen MR) is 49.9 cm³/mol. The Kier molecular flexibility index (Phi) is 3.18. The lowest BCUT2D eigenvalue weighted by Crippen LogP contribution is -2.38. The fourth-order valence-corrected chi connectivity index (χ4v) is 1.15. The number of alkyl halides is 1. The molecule has 0 amide bonds. The van der Waals surface area contributed by atoms with Crippen molar-refractivity contribution < 1.29 is 13.9 Å². The molecule has 1 aromatic rings. The van der Waals surface area contributed by atoms with E-state index in [2.05, 4.69) is 0 Å². The van der Waals surface area contributed by atoms with Gasteiger partial charge in [-0.1, -0.05) is 18.2 Å². The number of hydrogen-bond acceptors (Lipinski definition) is 2. The van der Waals surface area contributed by atoms with E-state index in [1.165, 1.54) is 18.2 Å². The molecule has 0 bridgehead atoms. The molecule has 1 aromatic carbocycles. The summed E-state index contributed by atoms with van der Waals surface area (Å²) in [6, 6.07) is 4.54. The lowest BCUT2D eigenvalue weighted by atomic mass is 9.93. The third-order valence-corrected chi connectivity index (χ3v) is 2.20. The topological polar surface area (TPSA) is 46.2 Å². The minimum atomic E-state index is -2.01. The van der Waals surface area contributed by atoms with Crippen LogP contribution >= 0.6 is 0 Å². The molecule has 0 saturated heterocycles. The zero-order valence-electron chi connectivity index (χ0n) is 7.87. The van der Waals surface area contributed by atoms with Crippen molar-refractivity contribution in [1.82, 2.24) is 0 Å². The van der Waals surface area contributed by atoms with Crippen molar-refractivity contribution in [1.29, 1.82) is 0 Å². The molecule has 2 unspecified atom stereocenters. The van der Waals surface area contributed by atoms with E-state index in [0.717, 1.165) is 6.92 Å². The SMILES string of the molecule is CC(F)(CO)C(N)c1ccccc1F. The van der Waals surface area contributed by atoms with Crippen LogP contribution in [0.3, 0.4) is 0 Å². The van der Waals surface area contributed by atoms with Crippen LogP contribution in [0, 0.1) is 5.82 Å². The number of hydrogen-bond donors (Lipinski definition) is 2. The predicted octanol–water partition coefficient (Wildman–Crippen LogP) is 1.55. The van der Waals surface area contributed by atoms with E-state index in [9.17, 15) is 8.78 Å². The van der Waals surface area contributed by atoms with Crippen LogP contribution in [-0.4, -0.2) is 17.4 Å². The minimum Gasteiger partial charge on any atom is -0.393 e. The second kappa shape index (κ2) is 4.02. The summed E-state index contributed by atoms with van der Waals surface area (Å²) in [5, 5.41) is 8.74. The molecule has 4 heteroatoms. The molecule has 2 nitrogen and oxygen atoms in total. The van der Waals surface area contributed by atoms with Crippen molar-refractivity contribution in [3.8, 4) is 0 Å². The van der Waals surface area contributed by atoms with Gasteiger partial charge in [-0.3, -0.25) is 0 Å². The molecule has 0 fully saturated rings.